The molecule has 1 fully saturated rings. The van der Waals surface area contributed by atoms with Gasteiger partial charge in [-0.25, -0.2) is 4.52 Å². The van der Waals surface area contributed by atoms with Crippen LogP contribution in [-0.4, -0.2) is 38.1 Å². The minimum Gasteiger partial charge on any atom is -0.341 e. The minimum atomic E-state index is -0.0909. The van der Waals surface area contributed by atoms with E-state index < -0.39 is 0 Å². The van der Waals surface area contributed by atoms with Crippen molar-refractivity contribution in [1.82, 2.24) is 19.1 Å². The Morgan fingerprint density at radius 2 is 1.96 bits per heavy atom. The Balaban J connectivity index is 1.62. The van der Waals surface area contributed by atoms with Gasteiger partial charge in [-0.3, -0.25) is 9.59 Å². The van der Waals surface area contributed by atoms with Gasteiger partial charge in [-0.15, -0.1) is 0 Å². The maximum absolute atomic E-state index is 12.9. The number of aromatic nitrogens is 3. The molecule has 0 spiro atoms. The fraction of sp³-hybridized carbons (Fsp3) is 0.611. The highest BCUT2D eigenvalue weighted by atomic mass is 16.2. The number of piperidine rings is 1. The van der Waals surface area contributed by atoms with Gasteiger partial charge < -0.3 is 9.47 Å². The molecule has 0 saturated carbocycles. The lowest BCUT2D eigenvalue weighted by Gasteiger charge is -2.30. The molecule has 0 aromatic carbocycles. The molecule has 2 aromatic rings. The number of rotatable bonds is 2. The number of carbonyl (C=O) groups excluding carboxylic acids is 1. The summed E-state index contributed by atoms with van der Waals surface area (Å²) in [5.41, 5.74) is 2.70. The van der Waals surface area contributed by atoms with Crippen LogP contribution in [-0.2, 0) is 24.2 Å². The summed E-state index contributed by atoms with van der Waals surface area (Å²) in [5, 5.41) is 4.54. The summed E-state index contributed by atoms with van der Waals surface area (Å²) in [5.74, 6) is 0.730. The van der Waals surface area contributed by atoms with Crippen LogP contribution in [0.15, 0.2) is 17.2 Å². The lowest BCUT2D eigenvalue weighted by Crippen LogP contribution is -2.41. The Morgan fingerprint density at radius 3 is 2.75 bits per heavy atom. The zero-order valence-electron chi connectivity index (χ0n) is 14.2. The number of hydrogen-bond donors (Lipinski definition) is 0. The molecule has 0 N–H and O–H groups in total. The third-order valence-corrected chi connectivity index (χ3v) is 5.48. The zero-order chi connectivity index (χ0) is 16.7. The number of likely N-dealkylation sites (tertiary alicyclic amines) is 1. The van der Waals surface area contributed by atoms with Crippen molar-refractivity contribution in [2.75, 3.05) is 13.1 Å². The number of fused-ring (bicyclic) bond motifs is 3. The Morgan fingerprint density at radius 1 is 1.21 bits per heavy atom. The van der Waals surface area contributed by atoms with Crippen molar-refractivity contribution in [1.29, 1.82) is 0 Å². The molecule has 2 aromatic heterocycles. The summed E-state index contributed by atoms with van der Waals surface area (Å²) in [6.45, 7) is 3.96. The average Bonchev–Trinajstić information content (AvgIpc) is 2.97. The first-order valence-corrected chi connectivity index (χ1v) is 9.01. The maximum Gasteiger partial charge on any atom is 0.277 e. The van der Waals surface area contributed by atoms with Crippen molar-refractivity contribution in [2.24, 2.45) is 5.92 Å². The highest BCUT2D eigenvalue weighted by molar-refractivity contribution is 5.76. The topological polar surface area (TPSA) is 59.6 Å². The van der Waals surface area contributed by atoms with E-state index in [1.165, 1.54) is 0 Å². The second-order valence-electron chi connectivity index (χ2n) is 7.22. The summed E-state index contributed by atoms with van der Waals surface area (Å²) in [4.78, 5) is 27.3. The van der Waals surface area contributed by atoms with Crippen LogP contribution in [0.2, 0.25) is 0 Å². The van der Waals surface area contributed by atoms with Crippen molar-refractivity contribution in [3.05, 3.63) is 34.0 Å². The van der Waals surface area contributed by atoms with Crippen LogP contribution in [0, 0.1) is 5.92 Å². The Labute approximate surface area is 141 Å². The van der Waals surface area contributed by atoms with Gasteiger partial charge in [0.15, 0.2) is 0 Å². The average molecular weight is 328 g/mol. The summed E-state index contributed by atoms with van der Waals surface area (Å²) < 4.78 is 3.24. The summed E-state index contributed by atoms with van der Waals surface area (Å²) in [7, 11) is 0. The molecule has 4 rings (SSSR count). The van der Waals surface area contributed by atoms with E-state index in [4.69, 9.17) is 0 Å². The highest BCUT2D eigenvalue weighted by Gasteiger charge is 2.23. The fourth-order valence-corrected chi connectivity index (χ4v) is 3.88. The molecule has 1 aliphatic carbocycles. The SMILES string of the molecule is CC1CCN(C(=O)Cn2ccn3nc4c(c3c2=O)CCCC4)CC1. The molecule has 6 heteroatoms. The van der Waals surface area contributed by atoms with Crippen molar-refractivity contribution in [3.63, 3.8) is 0 Å². The molecule has 1 saturated heterocycles. The molecule has 24 heavy (non-hydrogen) atoms. The van der Waals surface area contributed by atoms with Gasteiger partial charge in [-0.2, -0.15) is 5.10 Å². The Bertz CT molecular complexity index is 827. The van der Waals surface area contributed by atoms with Crippen molar-refractivity contribution < 1.29 is 4.79 Å². The zero-order valence-corrected chi connectivity index (χ0v) is 14.2. The predicted octanol–water partition coefficient (Wildman–Crippen LogP) is 1.63. The maximum atomic E-state index is 12.9. The second kappa shape index (κ2) is 6.07. The number of nitrogens with zero attached hydrogens (tertiary/aromatic N) is 4. The van der Waals surface area contributed by atoms with Gasteiger partial charge in [0.05, 0.1) is 5.69 Å². The van der Waals surface area contributed by atoms with E-state index in [0.29, 0.717) is 11.4 Å². The van der Waals surface area contributed by atoms with E-state index in [0.717, 1.165) is 62.9 Å². The first-order chi connectivity index (χ1) is 11.6. The van der Waals surface area contributed by atoms with Gasteiger partial charge in [0.25, 0.3) is 5.56 Å². The molecule has 1 amide bonds. The first kappa shape index (κ1) is 15.4. The monoisotopic (exact) mass is 328 g/mol. The lowest BCUT2D eigenvalue weighted by molar-refractivity contribution is -0.133. The number of carbonyl (C=O) groups is 1. The Hall–Kier alpha value is -2.11. The van der Waals surface area contributed by atoms with E-state index in [2.05, 4.69) is 12.0 Å². The van der Waals surface area contributed by atoms with Crippen LogP contribution in [0.3, 0.4) is 0 Å². The fourth-order valence-electron chi connectivity index (χ4n) is 3.88. The van der Waals surface area contributed by atoms with Crippen LogP contribution in [0.5, 0.6) is 0 Å². The largest absolute Gasteiger partial charge is 0.341 e. The molecular formula is C18H24N4O2. The van der Waals surface area contributed by atoms with E-state index in [1.54, 1.807) is 21.5 Å². The Kier molecular flexibility index (Phi) is 3.90. The smallest absolute Gasteiger partial charge is 0.277 e. The van der Waals surface area contributed by atoms with Gasteiger partial charge in [0.1, 0.15) is 12.1 Å². The van der Waals surface area contributed by atoms with Gasteiger partial charge >= 0.3 is 0 Å². The molecule has 0 radical (unpaired) electrons. The van der Waals surface area contributed by atoms with Gasteiger partial charge in [0.2, 0.25) is 5.91 Å². The van der Waals surface area contributed by atoms with E-state index >= 15 is 0 Å². The van der Waals surface area contributed by atoms with Crippen LogP contribution in [0.1, 0.15) is 43.9 Å². The summed E-state index contributed by atoms with van der Waals surface area (Å²) in [6.07, 6.45) is 9.70. The van der Waals surface area contributed by atoms with Crippen molar-refractivity contribution in [2.45, 2.75) is 52.0 Å². The normalized spacial score (nSPS) is 18.8. The van der Waals surface area contributed by atoms with Crippen molar-refractivity contribution in [3.8, 4) is 0 Å². The number of hydrogen-bond acceptors (Lipinski definition) is 3. The summed E-state index contributed by atoms with van der Waals surface area (Å²) >= 11 is 0. The summed E-state index contributed by atoms with van der Waals surface area (Å²) in [6, 6.07) is 0. The molecule has 3 heterocycles. The van der Waals surface area contributed by atoms with Crippen LogP contribution < -0.4 is 5.56 Å². The number of amides is 1. The molecule has 0 atom stereocenters. The van der Waals surface area contributed by atoms with Gasteiger partial charge in [0, 0.05) is 31.0 Å². The molecule has 0 unspecified atom stereocenters. The van der Waals surface area contributed by atoms with Gasteiger partial charge in [-0.05, 0) is 44.4 Å². The standard InChI is InChI=1S/C18H24N4O2/c1-13-6-8-20(9-7-13)16(23)12-21-10-11-22-17(18(21)24)14-4-2-3-5-15(14)19-22/h10-11,13H,2-9,12H2,1H3. The third-order valence-electron chi connectivity index (χ3n) is 5.48. The molecule has 1 aliphatic heterocycles. The third kappa shape index (κ3) is 2.64. The lowest BCUT2D eigenvalue weighted by atomic mass is 9.97. The molecule has 6 nitrogen and oxygen atoms in total. The van der Waals surface area contributed by atoms with Gasteiger partial charge in [-0.1, -0.05) is 6.92 Å². The molecule has 2 aliphatic rings. The van der Waals surface area contributed by atoms with Crippen LogP contribution in [0.25, 0.3) is 5.52 Å². The first-order valence-electron chi connectivity index (χ1n) is 9.01. The second-order valence-corrected chi connectivity index (χ2v) is 7.22. The quantitative estimate of drug-likeness (QED) is 0.842. The van der Waals surface area contributed by atoms with E-state index in [-0.39, 0.29) is 18.0 Å². The minimum absolute atomic E-state index is 0.0433. The predicted molar refractivity (Wildman–Crippen MR) is 91.1 cm³/mol. The van der Waals surface area contributed by atoms with Crippen molar-refractivity contribution >= 4 is 11.4 Å². The van der Waals surface area contributed by atoms with Crippen LogP contribution >= 0.6 is 0 Å². The van der Waals surface area contributed by atoms with E-state index in [9.17, 15) is 9.59 Å². The molecular weight excluding hydrogens is 304 g/mol. The van der Waals surface area contributed by atoms with E-state index in [1.807, 2.05) is 4.90 Å². The number of aryl methyl sites for hydroxylation is 2. The van der Waals surface area contributed by atoms with Crippen LogP contribution in [0.4, 0.5) is 0 Å². The molecule has 0 bridgehead atoms. The molecule has 128 valence electrons. The highest BCUT2D eigenvalue weighted by Crippen LogP contribution is 2.22.